The van der Waals surface area contributed by atoms with Crippen LogP contribution in [0.5, 0.6) is 11.5 Å². The molecule has 0 atom stereocenters. The van der Waals surface area contributed by atoms with Gasteiger partial charge in [0.25, 0.3) is 11.8 Å². The number of halogens is 2. The maximum absolute atomic E-state index is 13.5. The Bertz CT molecular complexity index is 1390. The lowest BCUT2D eigenvalue weighted by Crippen LogP contribution is -2.54. The minimum Gasteiger partial charge on any atom is -0.490 e. The maximum atomic E-state index is 13.5. The highest BCUT2D eigenvalue weighted by Crippen LogP contribution is 2.38. The van der Waals surface area contributed by atoms with E-state index in [2.05, 4.69) is 5.32 Å². The van der Waals surface area contributed by atoms with Crippen molar-refractivity contribution in [2.75, 3.05) is 11.5 Å². The Balaban J connectivity index is 1.67. The molecule has 0 saturated carbocycles. The average Bonchev–Trinajstić information content (AvgIpc) is 2.82. The first-order valence-electron chi connectivity index (χ1n) is 11.1. The van der Waals surface area contributed by atoms with Crippen LogP contribution in [0.15, 0.2) is 66.2 Å². The van der Waals surface area contributed by atoms with Crippen molar-refractivity contribution in [1.29, 1.82) is 0 Å². The Kier molecular flexibility index (Phi) is 7.36. The molecule has 1 heterocycles. The molecule has 1 aliphatic heterocycles. The second-order valence-electron chi connectivity index (χ2n) is 7.93. The number of hydrogen-bond acceptors (Lipinski definition) is 5. The Labute approximate surface area is 212 Å². The molecule has 36 heavy (non-hydrogen) atoms. The highest BCUT2D eigenvalue weighted by Gasteiger charge is 2.37. The number of ether oxygens (including phenoxy) is 2. The summed E-state index contributed by atoms with van der Waals surface area (Å²) in [5.41, 5.74) is 1.80. The second kappa shape index (κ2) is 10.6. The first-order valence-corrected chi connectivity index (χ1v) is 11.5. The number of hydrogen-bond donors (Lipinski definition) is 1. The van der Waals surface area contributed by atoms with Crippen molar-refractivity contribution >= 4 is 41.2 Å². The molecule has 1 aliphatic rings. The zero-order valence-corrected chi connectivity index (χ0v) is 20.3. The smallest absolute Gasteiger partial charge is 0.335 e. The SMILES string of the molecule is CCOc1cc(/C=C2\C(=O)NC(=O)N(c3ccccc3C)C2=O)cc(Cl)c1OCc1cccc(F)c1. The van der Waals surface area contributed by atoms with Gasteiger partial charge in [0, 0.05) is 0 Å². The largest absolute Gasteiger partial charge is 0.490 e. The van der Waals surface area contributed by atoms with Crippen LogP contribution in [-0.2, 0) is 16.2 Å². The summed E-state index contributed by atoms with van der Waals surface area (Å²) in [6.07, 6.45) is 1.33. The van der Waals surface area contributed by atoms with E-state index in [1.807, 2.05) is 0 Å². The molecule has 4 amide bonds. The van der Waals surface area contributed by atoms with Gasteiger partial charge in [-0.15, -0.1) is 0 Å². The van der Waals surface area contributed by atoms with Crippen molar-refractivity contribution in [2.45, 2.75) is 20.5 Å². The number of barbiturate groups is 1. The molecule has 0 unspecified atom stereocenters. The minimum absolute atomic E-state index is 0.0480. The third-order valence-corrected chi connectivity index (χ3v) is 5.65. The number of benzene rings is 3. The number of carbonyl (C=O) groups is 3. The monoisotopic (exact) mass is 508 g/mol. The first-order chi connectivity index (χ1) is 17.3. The van der Waals surface area contributed by atoms with E-state index in [0.29, 0.717) is 29.0 Å². The number of carbonyl (C=O) groups excluding carboxylic acids is 3. The summed E-state index contributed by atoms with van der Waals surface area (Å²) in [5, 5.41) is 2.37. The Hall–Kier alpha value is -4.17. The molecule has 0 radical (unpaired) electrons. The standard InChI is InChI=1S/C27H22ClFN2O5/c1-3-35-23-14-18(13-21(28)24(23)36-15-17-8-6-9-19(29)11-17)12-20-25(32)30-27(34)31(26(20)33)22-10-5-4-7-16(22)2/h4-14H,3,15H2,1-2H3,(H,30,32,34)/b20-12+. The Morgan fingerprint density at radius 1 is 1.03 bits per heavy atom. The van der Waals surface area contributed by atoms with Crippen molar-refractivity contribution in [3.05, 3.63) is 93.8 Å². The van der Waals surface area contributed by atoms with Gasteiger partial charge in [0.15, 0.2) is 11.5 Å². The topological polar surface area (TPSA) is 84.9 Å². The average molecular weight is 509 g/mol. The number of anilines is 1. The third kappa shape index (κ3) is 5.23. The Morgan fingerprint density at radius 3 is 2.53 bits per heavy atom. The summed E-state index contributed by atoms with van der Waals surface area (Å²) in [6.45, 7) is 3.87. The molecule has 0 spiro atoms. The van der Waals surface area contributed by atoms with Crippen LogP contribution in [-0.4, -0.2) is 24.5 Å². The van der Waals surface area contributed by atoms with Crippen LogP contribution in [0.4, 0.5) is 14.9 Å². The van der Waals surface area contributed by atoms with E-state index in [9.17, 15) is 18.8 Å². The van der Waals surface area contributed by atoms with Gasteiger partial charge in [0.1, 0.15) is 18.0 Å². The summed E-state index contributed by atoms with van der Waals surface area (Å²) in [6, 6.07) is 15.1. The van der Waals surface area contributed by atoms with Crippen molar-refractivity contribution in [1.82, 2.24) is 5.32 Å². The quantitative estimate of drug-likeness (QED) is 0.340. The number of rotatable bonds is 7. The van der Waals surface area contributed by atoms with Crippen LogP contribution in [0.3, 0.4) is 0 Å². The predicted octanol–water partition coefficient (Wildman–Crippen LogP) is 5.43. The molecule has 3 aromatic carbocycles. The summed E-state index contributed by atoms with van der Waals surface area (Å²) in [4.78, 5) is 39.2. The van der Waals surface area contributed by atoms with Gasteiger partial charge in [-0.25, -0.2) is 14.1 Å². The molecule has 0 bridgehead atoms. The van der Waals surface area contributed by atoms with Crippen molar-refractivity contribution in [3.63, 3.8) is 0 Å². The minimum atomic E-state index is -0.828. The number of para-hydroxylation sites is 1. The van der Waals surface area contributed by atoms with E-state index in [4.69, 9.17) is 21.1 Å². The van der Waals surface area contributed by atoms with Gasteiger partial charge in [-0.05, 0) is 66.9 Å². The van der Waals surface area contributed by atoms with E-state index < -0.39 is 17.8 Å². The fraction of sp³-hybridized carbons (Fsp3) is 0.148. The van der Waals surface area contributed by atoms with Crippen LogP contribution in [0.2, 0.25) is 5.02 Å². The van der Waals surface area contributed by atoms with Gasteiger partial charge >= 0.3 is 6.03 Å². The first kappa shape index (κ1) is 24.9. The van der Waals surface area contributed by atoms with E-state index >= 15 is 0 Å². The normalized spacial score (nSPS) is 14.7. The molecule has 9 heteroatoms. The summed E-state index contributed by atoms with van der Waals surface area (Å²) < 4.78 is 25.0. The number of amides is 4. The zero-order chi connectivity index (χ0) is 25.8. The highest BCUT2D eigenvalue weighted by molar-refractivity contribution is 6.39. The van der Waals surface area contributed by atoms with Gasteiger partial charge < -0.3 is 9.47 Å². The van der Waals surface area contributed by atoms with Crippen LogP contribution < -0.4 is 19.7 Å². The predicted molar refractivity (Wildman–Crippen MR) is 134 cm³/mol. The number of imide groups is 2. The molecule has 4 rings (SSSR count). The van der Waals surface area contributed by atoms with Crippen molar-refractivity contribution < 1.29 is 28.2 Å². The van der Waals surface area contributed by atoms with Crippen LogP contribution in [0.25, 0.3) is 6.08 Å². The van der Waals surface area contributed by atoms with Gasteiger partial charge in [0.05, 0.1) is 17.3 Å². The summed E-state index contributed by atoms with van der Waals surface area (Å²) in [5.74, 6) is -1.46. The summed E-state index contributed by atoms with van der Waals surface area (Å²) in [7, 11) is 0. The molecule has 1 N–H and O–H groups in total. The molecule has 184 valence electrons. The lowest BCUT2D eigenvalue weighted by atomic mass is 10.1. The number of urea groups is 1. The third-order valence-electron chi connectivity index (χ3n) is 5.37. The molecule has 7 nitrogen and oxygen atoms in total. The van der Waals surface area contributed by atoms with Gasteiger partial charge in [-0.1, -0.05) is 41.9 Å². The Morgan fingerprint density at radius 2 is 1.81 bits per heavy atom. The van der Waals surface area contributed by atoms with Crippen molar-refractivity contribution in [2.24, 2.45) is 0 Å². The molecule has 3 aromatic rings. The van der Waals surface area contributed by atoms with Crippen LogP contribution in [0, 0.1) is 12.7 Å². The summed E-state index contributed by atoms with van der Waals surface area (Å²) >= 11 is 6.47. The van der Waals surface area contributed by atoms with E-state index in [-0.39, 0.29) is 34.5 Å². The number of aryl methyl sites for hydroxylation is 1. The number of nitrogens with one attached hydrogen (secondary N) is 1. The maximum Gasteiger partial charge on any atom is 0.335 e. The lowest BCUT2D eigenvalue weighted by Gasteiger charge is -2.27. The second-order valence-corrected chi connectivity index (χ2v) is 8.33. The fourth-order valence-corrected chi connectivity index (χ4v) is 3.99. The molecule has 1 fully saturated rings. The van der Waals surface area contributed by atoms with Crippen LogP contribution >= 0.6 is 11.6 Å². The molecular formula is C27H22ClFN2O5. The molecule has 0 aliphatic carbocycles. The zero-order valence-electron chi connectivity index (χ0n) is 19.5. The molecular weight excluding hydrogens is 487 g/mol. The van der Waals surface area contributed by atoms with Crippen molar-refractivity contribution in [3.8, 4) is 11.5 Å². The lowest BCUT2D eigenvalue weighted by molar-refractivity contribution is -0.122. The van der Waals surface area contributed by atoms with E-state index in [1.54, 1.807) is 56.3 Å². The fourth-order valence-electron chi connectivity index (χ4n) is 3.71. The molecule has 1 saturated heterocycles. The van der Waals surface area contributed by atoms with Crippen LogP contribution in [0.1, 0.15) is 23.6 Å². The van der Waals surface area contributed by atoms with E-state index in [1.165, 1.54) is 24.3 Å². The molecule has 0 aromatic heterocycles. The highest BCUT2D eigenvalue weighted by atomic mass is 35.5. The van der Waals surface area contributed by atoms with Gasteiger partial charge in [0.2, 0.25) is 0 Å². The number of nitrogens with zero attached hydrogens (tertiary/aromatic N) is 1. The van der Waals surface area contributed by atoms with Gasteiger partial charge in [-0.2, -0.15) is 0 Å². The van der Waals surface area contributed by atoms with Gasteiger partial charge in [-0.3, -0.25) is 14.9 Å². The van der Waals surface area contributed by atoms with E-state index in [0.717, 1.165) is 4.90 Å².